The molecule has 1 saturated carbocycles. The molecule has 0 spiro atoms. The van der Waals surface area contributed by atoms with E-state index in [-0.39, 0.29) is 11.9 Å². The molecule has 26 heavy (non-hydrogen) atoms. The second-order valence-corrected chi connectivity index (χ2v) is 8.27. The molecule has 0 bridgehead atoms. The quantitative estimate of drug-likeness (QED) is 0.752. The van der Waals surface area contributed by atoms with E-state index in [1.165, 1.54) is 12.8 Å². The summed E-state index contributed by atoms with van der Waals surface area (Å²) in [5.41, 5.74) is 0. The van der Waals surface area contributed by atoms with Gasteiger partial charge < -0.3 is 19.2 Å². The van der Waals surface area contributed by atoms with Crippen LogP contribution in [0.1, 0.15) is 42.0 Å². The monoisotopic (exact) mass is 376 g/mol. The largest absolute Gasteiger partial charge is 0.455 e. The molecule has 0 aromatic carbocycles. The van der Waals surface area contributed by atoms with Gasteiger partial charge in [0.2, 0.25) is 0 Å². The van der Waals surface area contributed by atoms with Crippen LogP contribution in [-0.4, -0.2) is 47.0 Å². The molecule has 7 heteroatoms. The number of hydrogen-bond donors (Lipinski definition) is 1. The minimum Gasteiger partial charge on any atom is -0.455 e. The molecule has 0 atom stereocenters. The van der Waals surface area contributed by atoms with Gasteiger partial charge in [-0.2, -0.15) is 0 Å². The van der Waals surface area contributed by atoms with Gasteiger partial charge in [0.15, 0.2) is 10.9 Å². The lowest BCUT2D eigenvalue weighted by Gasteiger charge is -2.30. The predicted molar refractivity (Wildman–Crippen MR) is 103 cm³/mol. The number of aryl methyl sites for hydroxylation is 1. The van der Waals surface area contributed by atoms with Crippen LogP contribution in [-0.2, 0) is 12.8 Å². The van der Waals surface area contributed by atoms with Crippen molar-refractivity contribution in [2.75, 3.05) is 20.6 Å². The first-order chi connectivity index (χ1) is 12.5. The minimum atomic E-state index is -0.102. The third kappa shape index (κ3) is 5.14. The van der Waals surface area contributed by atoms with Crippen molar-refractivity contribution in [2.24, 2.45) is 13.0 Å². The topological polar surface area (TPSA) is 63.3 Å². The highest BCUT2D eigenvalue weighted by atomic mass is 32.2. The van der Waals surface area contributed by atoms with Crippen molar-refractivity contribution >= 4 is 17.7 Å². The fourth-order valence-electron chi connectivity index (χ4n) is 3.47. The highest BCUT2D eigenvalue weighted by molar-refractivity contribution is 7.98. The van der Waals surface area contributed by atoms with Gasteiger partial charge in [-0.15, -0.1) is 0 Å². The van der Waals surface area contributed by atoms with Gasteiger partial charge in [-0.05, 0) is 57.8 Å². The standard InChI is InChI=1S/C19H28N4O2S/c1-22(2)12-14-4-6-15(7-5-14)21-18(24)17-9-8-16(25-17)13-26-19-20-10-11-23(19)3/h8-11,14-15H,4-7,12-13H2,1-3H3,(H,21,24). The summed E-state index contributed by atoms with van der Waals surface area (Å²) < 4.78 is 7.69. The molecule has 0 aliphatic heterocycles. The Kier molecular flexibility index (Phi) is 6.43. The molecule has 6 nitrogen and oxygen atoms in total. The maximum Gasteiger partial charge on any atom is 0.287 e. The van der Waals surface area contributed by atoms with Crippen LogP contribution in [0.25, 0.3) is 0 Å². The number of carbonyl (C=O) groups excluding carboxylic acids is 1. The third-order valence-corrected chi connectivity index (χ3v) is 5.89. The van der Waals surface area contributed by atoms with E-state index in [9.17, 15) is 4.79 Å². The molecule has 1 N–H and O–H groups in total. The summed E-state index contributed by atoms with van der Waals surface area (Å²) >= 11 is 1.59. The van der Waals surface area contributed by atoms with Gasteiger partial charge in [-0.1, -0.05) is 11.8 Å². The Bertz CT molecular complexity index is 717. The van der Waals surface area contributed by atoms with E-state index in [4.69, 9.17) is 4.42 Å². The summed E-state index contributed by atoms with van der Waals surface area (Å²) in [5, 5.41) is 4.06. The van der Waals surface area contributed by atoms with Gasteiger partial charge in [0.25, 0.3) is 5.91 Å². The Morgan fingerprint density at radius 1 is 1.35 bits per heavy atom. The van der Waals surface area contributed by atoms with Gasteiger partial charge in [0, 0.05) is 32.0 Å². The molecule has 142 valence electrons. The van der Waals surface area contributed by atoms with Crippen molar-refractivity contribution < 1.29 is 9.21 Å². The van der Waals surface area contributed by atoms with Crippen LogP contribution in [0.2, 0.25) is 0 Å². The second kappa shape index (κ2) is 8.77. The lowest BCUT2D eigenvalue weighted by atomic mass is 9.86. The van der Waals surface area contributed by atoms with Gasteiger partial charge in [0.05, 0.1) is 5.75 Å². The molecule has 2 aromatic rings. The smallest absolute Gasteiger partial charge is 0.287 e. The summed E-state index contributed by atoms with van der Waals surface area (Å²) in [6.07, 6.45) is 8.13. The van der Waals surface area contributed by atoms with Crippen molar-refractivity contribution in [1.29, 1.82) is 0 Å². The highest BCUT2D eigenvalue weighted by Gasteiger charge is 2.24. The average molecular weight is 377 g/mol. The molecular formula is C19H28N4O2S. The Morgan fingerprint density at radius 2 is 2.12 bits per heavy atom. The summed E-state index contributed by atoms with van der Waals surface area (Å²) in [5.74, 6) is 2.49. The van der Waals surface area contributed by atoms with Gasteiger partial charge >= 0.3 is 0 Å². The van der Waals surface area contributed by atoms with E-state index in [0.717, 1.165) is 36.2 Å². The zero-order chi connectivity index (χ0) is 18.5. The maximum atomic E-state index is 12.4. The second-order valence-electron chi connectivity index (χ2n) is 7.33. The first-order valence-electron chi connectivity index (χ1n) is 9.15. The van der Waals surface area contributed by atoms with Gasteiger partial charge in [-0.3, -0.25) is 4.79 Å². The molecule has 1 aliphatic rings. The summed E-state index contributed by atoms with van der Waals surface area (Å²) in [6, 6.07) is 3.90. The molecular weight excluding hydrogens is 348 g/mol. The lowest BCUT2D eigenvalue weighted by Crippen LogP contribution is -2.38. The van der Waals surface area contributed by atoms with E-state index in [1.54, 1.807) is 24.0 Å². The van der Waals surface area contributed by atoms with Crippen LogP contribution in [0.15, 0.2) is 34.1 Å². The average Bonchev–Trinajstić information content (AvgIpc) is 3.23. The van der Waals surface area contributed by atoms with Crippen molar-refractivity contribution in [3.63, 3.8) is 0 Å². The Hall–Kier alpha value is -1.73. The van der Waals surface area contributed by atoms with Crippen molar-refractivity contribution in [1.82, 2.24) is 19.8 Å². The van der Waals surface area contributed by atoms with E-state index >= 15 is 0 Å². The summed E-state index contributed by atoms with van der Waals surface area (Å²) in [4.78, 5) is 19.0. The maximum absolute atomic E-state index is 12.4. The SMILES string of the molecule is CN(C)CC1CCC(NC(=O)c2ccc(CSc3nccn3C)o2)CC1. The number of carbonyl (C=O) groups is 1. The Morgan fingerprint density at radius 3 is 2.77 bits per heavy atom. The molecule has 0 radical (unpaired) electrons. The Balaban J connectivity index is 1.45. The summed E-state index contributed by atoms with van der Waals surface area (Å²) in [7, 11) is 6.20. The van der Waals surface area contributed by atoms with Crippen LogP contribution in [0.4, 0.5) is 0 Å². The zero-order valence-corrected chi connectivity index (χ0v) is 16.6. The molecule has 3 rings (SSSR count). The molecule has 2 aromatic heterocycles. The normalized spacial score (nSPS) is 20.5. The number of nitrogens with one attached hydrogen (secondary N) is 1. The van der Waals surface area contributed by atoms with E-state index in [0.29, 0.717) is 11.5 Å². The third-order valence-electron chi connectivity index (χ3n) is 4.81. The van der Waals surface area contributed by atoms with Crippen LogP contribution in [0.3, 0.4) is 0 Å². The minimum absolute atomic E-state index is 0.102. The first-order valence-corrected chi connectivity index (χ1v) is 10.1. The molecule has 0 saturated heterocycles. The van der Waals surface area contributed by atoms with Crippen molar-refractivity contribution in [3.8, 4) is 0 Å². The lowest BCUT2D eigenvalue weighted by molar-refractivity contribution is 0.0889. The van der Waals surface area contributed by atoms with Crippen LogP contribution in [0.5, 0.6) is 0 Å². The van der Waals surface area contributed by atoms with Gasteiger partial charge in [0.1, 0.15) is 5.76 Å². The molecule has 1 amide bonds. The first kappa shape index (κ1) is 19.0. The number of hydrogen-bond acceptors (Lipinski definition) is 5. The van der Waals surface area contributed by atoms with E-state index in [2.05, 4.69) is 29.3 Å². The predicted octanol–water partition coefficient (Wildman–Crippen LogP) is 3.16. The number of nitrogens with zero attached hydrogens (tertiary/aromatic N) is 3. The number of amides is 1. The van der Waals surface area contributed by atoms with Crippen molar-refractivity contribution in [2.45, 2.75) is 42.6 Å². The van der Waals surface area contributed by atoms with Crippen molar-refractivity contribution in [3.05, 3.63) is 36.0 Å². The summed E-state index contributed by atoms with van der Waals surface area (Å²) in [6.45, 7) is 1.13. The van der Waals surface area contributed by atoms with Crippen LogP contribution < -0.4 is 5.32 Å². The fourth-order valence-corrected chi connectivity index (χ4v) is 4.29. The van der Waals surface area contributed by atoms with E-state index in [1.807, 2.05) is 23.9 Å². The number of imidazole rings is 1. The molecule has 2 heterocycles. The number of aromatic nitrogens is 2. The molecule has 0 unspecified atom stereocenters. The molecule has 1 aliphatic carbocycles. The van der Waals surface area contributed by atoms with Gasteiger partial charge in [-0.25, -0.2) is 4.98 Å². The number of thioether (sulfide) groups is 1. The highest BCUT2D eigenvalue weighted by Crippen LogP contribution is 2.25. The Labute approximate surface area is 159 Å². The van der Waals surface area contributed by atoms with Crippen LogP contribution in [0, 0.1) is 5.92 Å². The molecule has 1 fully saturated rings. The zero-order valence-electron chi connectivity index (χ0n) is 15.8. The number of furan rings is 1. The van der Waals surface area contributed by atoms with Crippen LogP contribution >= 0.6 is 11.8 Å². The van der Waals surface area contributed by atoms with E-state index < -0.39 is 0 Å². The number of rotatable bonds is 7. The fraction of sp³-hybridized carbons (Fsp3) is 0.579.